The Balaban J connectivity index is 2.35. The predicted octanol–water partition coefficient (Wildman–Crippen LogP) is 2.13. The van der Waals surface area contributed by atoms with Gasteiger partial charge in [-0.2, -0.15) is 0 Å². The third-order valence-electron chi connectivity index (χ3n) is 3.60. The Morgan fingerprint density at radius 1 is 1.53 bits per heavy atom. The average molecular weight is 326 g/mol. The molecule has 0 aliphatic carbocycles. The Hall–Kier alpha value is -1.07. The van der Waals surface area contributed by atoms with E-state index in [2.05, 4.69) is 26.1 Å². The molecule has 5 heteroatoms. The molecule has 1 aliphatic rings. The van der Waals surface area contributed by atoms with Crippen LogP contribution in [-0.2, 0) is 0 Å². The van der Waals surface area contributed by atoms with Crippen LogP contribution >= 0.6 is 15.9 Å². The van der Waals surface area contributed by atoms with Crippen molar-refractivity contribution in [3.05, 3.63) is 28.2 Å². The Kier molecular flexibility index (Phi) is 4.82. The number of nitrogens with zero attached hydrogens (tertiary/aromatic N) is 1. The van der Waals surface area contributed by atoms with Crippen molar-refractivity contribution in [3.63, 3.8) is 0 Å². The third-order valence-corrected chi connectivity index (χ3v) is 4.09. The number of carbonyl (C=O) groups is 1. The van der Waals surface area contributed by atoms with E-state index >= 15 is 0 Å². The molecule has 2 rings (SSSR count). The van der Waals surface area contributed by atoms with E-state index in [9.17, 15) is 4.79 Å². The maximum Gasteiger partial charge on any atom is 0.250 e. The van der Waals surface area contributed by atoms with Crippen molar-refractivity contribution >= 4 is 27.5 Å². The molecule has 0 saturated carbocycles. The van der Waals surface area contributed by atoms with Crippen molar-refractivity contribution in [1.29, 1.82) is 0 Å². The first-order valence-corrected chi connectivity index (χ1v) is 7.43. The molecular formula is C14H20BrN3O. The van der Waals surface area contributed by atoms with Crippen molar-refractivity contribution in [2.45, 2.75) is 25.3 Å². The summed E-state index contributed by atoms with van der Waals surface area (Å²) in [6, 6.07) is 6.19. The van der Waals surface area contributed by atoms with Crippen LogP contribution in [0.4, 0.5) is 5.69 Å². The van der Waals surface area contributed by atoms with Gasteiger partial charge in [-0.05, 0) is 44.5 Å². The summed E-state index contributed by atoms with van der Waals surface area (Å²) in [5.41, 5.74) is 7.06. The van der Waals surface area contributed by atoms with Crippen LogP contribution < -0.4 is 16.0 Å². The van der Waals surface area contributed by atoms with E-state index in [1.54, 1.807) is 0 Å². The average Bonchev–Trinajstić information content (AvgIpc) is 2.40. The first kappa shape index (κ1) is 14.3. The molecule has 1 aromatic carbocycles. The molecular weight excluding hydrogens is 306 g/mol. The number of benzene rings is 1. The summed E-state index contributed by atoms with van der Waals surface area (Å²) in [5.74, 6) is -0.370. The molecule has 0 aromatic heterocycles. The van der Waals surface area contributed by atoms with Gasteiger partial charge in [-0.25, -0.2) is 0 Å². The predicted molar refractivity (Wildman–Crippen MR) is 81.6 cm³/mol. The first-order chi connectivity index (χ1) is 9.13. The highest BCUT2D eigenvalue weighted by molar-refractivity contribution is 9.10. The zero-order valence-electron chi connectivity index (χ0n) is 11.2. The van der Waals surface area contributed by atoms with Gasteiger partial charge in [-0.15, -0.1) is 0 Å². The second kappa shape index (κ2) is 6.39. The van der Waals surface area contributed by atoms with Gasteiger partial charge < -0.3 is 16.0 Å². The Morgan fingerprint density at radius 3 is 3.00 bits per heavy atom. The highest BCUT2D eigenvalue weighted by atomic mass is 79.9. The Labute approximate surface area is 122 Å². The number of rotatable bonds is 4. The van der Waals surface area contributed by atoms with Gasteiger partial charge in [0.25, 0.3) is 5.91 Å². The van der Waals surface area contributed by atoms with Crippen LogP contribution in [0, 0.1) is 0 Å². The number of amides is 1. The summed E-state index contributed by atoms with van der Waals surface area (Å²) in [5, 5.41) is 3.23. The van der Waals surface area contributed by atoms with Crippen molar-refractivity contribution in [3.8, 4) is 0 Å². The molecule has 0 radical (unpaired) electrons. The van der Waals surface area contributed by atoms with Gasteiger partial charge in [0, 0.05) is 29.3 Å². The van der Waals surface area contributed by atoms with Gasteiger partial charge in [-0.3, -0.25) is 4.79 Å². The molecule has 1 atom stereocenters. The lowest BCUT2D eigenvalue weighted by Crippen LogP contribution is -2.45. The van der Waals surface area contributed by atoms with E-state index in [1.807, 2.05) is 25.2 Å². The van der Waals surface area contributed by atoms with Gasteiger partial charge in [0.1, 0.15) is 0 Å². The minimum atomic E-state index is -0.370. The number of piperidine rings is 1. The van der Waals surface area contributed by atoms with Gasteiger partial charge in [0.05, 0.1) is 5.56 Å². The van der Waals surface area contributed by atoms with Gasteiger partial charge >= 0.3 is 0 Å². The minimum absolute atomic E-state index is 0.370. The minimum Gasteiger partial charge on any atom is -0.367 e. The number of anilines is 1. The summed E-state index contributed by atoms with van der Waals surface area (Å²) < 4.78 is 0.882. The largest absolute Gasteiger partial charge is 0.367 e. The second-order valence-corrected chi connectivity index (χ2v) is 5.84. The van der Waals surface area contributed by atoms with E-state index in [-0.39, 0.29) is 5.91 Å². The van der Waals surface area contributed by atoms with Crippen molar-refractivity contribution in [2.24, 2.45) is 5.73 Å². The Bertz CT molecular complexity index is 462. The fraction of sp³-hybridized carbons (Fsp3) is 0.500. The number of primary amides is 1. The molecule has 4 nitrogen and oxygen atoms in total. The monoisotopic (exact) mass is 325 g/mol. The molecule has 3 N–H and O–H groups in total. The number of nitrogens with two attached hydrogens (primary N) is 1. The van der Waals surface area contributed by atoms with E-state index in [1.165, 1.54) is 6.42 Å². The molecule has 1 fully saturated rings. The summed E-state index contributed by atoms with van der Waals surface area (Å²) in [6.45, 7) is 1.91. The van der Waals surface area contributed by atoms with Crippen LogP contribution in [0.15, 0.2) is 22.7 Å². The second-order valence-electron chi connectivity index (χ2n) is 4.93. The SMILES string of the molecule is CNCC1CCCCN1c1ccc(Br)cc1C(N)=O. The molecule has 1 saturated heterocycles. The zero-order valence-corrected chi connectivity index (χ0v) is 12.7. The number of hydrogen-bond donors (Lipinski definition) is 2. The van der Waals surface area contributed by atoms with Crippen LogP contribution in [0.25, 0.3) is 0 Å². The smallest absolute Gasteiger partial charge is 0.250 e. The molecule has 19 heavy (non-hydrogen) atoms. The van der Waals surface area contributed by atoms with Crippen LogP contribution in [0.2, 0.25) is 0 Å². The van der Waals surface area contributed by atoms with Gasteiger partial charge in [0.15, 0.2) is 0 Å². The quantitative estimate of drug-likeness (QED) is 0.891. The number of carbonyl (C=O) groups excluding carboxylic acids is 1. The van der Waals surface area contributed by atoms with Crippen molar-refractivity contribution in [1.82, 2.24) is 5.32 Å². The van der Waals surface area contributed by atoms with Crippen LogP contribution in [0.5, 0.6) is 0 Å². The molecule has 0 spiro atoms. The lowest BCUT2D eigenvalue weighted by atomic mass is 9.99. The molecule has 1 aliphatic heterocycles. The summed E-state index contributed by atoms with van der Waals surface area (Å²) in [7, 11) is 1.96. The first-order valence-electron chi connectivity index (χ1n) is 6.64. The van der Waals surface area contributed by atoms with Crippen molar-refractivity contribution < 1.29 is 4.79 Å². The van der Waals surface area contributed by atoms with Crippen LogP contribution in [0.3, 0.4) is 0 Å². The lowest BCUT2D eigenvalue weighted by Gasteiger charge is -2.38. The highest BCUT2D eigenvalue weighted by Crippen LogP contribution is 2.29. The number of likely N-dealkylation sites (N-methyl/N-ethyl adjacent to an activating group) is 1. The number of hydrogen-bond acceptors (Lipinski definition) is 3. The topological polar surface area (TPSA) is 58.4 Å². The van der Waals surface area contributed by atoms with E-state index in [4.69, 9.17) is 5.73 Å². The molecule has 0 bridgehead atoms. The molecule has 104 valence electrons. The highest BCUT2D eigenvalue weighted by Gasteiger charge is 2.25. The third kappa shape index (κ3) is 3.28. The van der Waals surface area contributed by atoms with Gasteiger partial charge in [0.2, 0.25) is 0 Å². The van der Waals surface area contributed by atoms with Gasteiger partial charge in [-0.1, -0.05) is 15.9 Å². The normalized spacial score (nSPS) is 19.5. The maximum absolute atomic E-state index is 11.6. The van der Waals surface area contributed by atoms with E-state index in [0.717, 1.165) is 36.1 Å². The summed E-state index contributed by atoms with van der Waals surface area (Å²) in [6.07, 6.45) is 3.55. The van der Waals surface area contributed by atoms with Crippen molar-refractivity contribution in [2.75, 3.05) is 25.0 Å². The molecule has 1 unspecified atom stereocenters. The summed E-state index contributed by atoms with van der Waals surface area (Å²) >= 11 is 3.40. The molecule has 1 heterocycles. The standard InChI is InChI=1S/C14H20BrN3O/c1-17-9-11-4-2-3-7-18(11)13-6-5-10(15)8-12(13)14(16)19/h5-6,8,11,17H,2-4,7,9H2,1H3,(H2,16,19). The Morgan fingerprint density at radius 2 is 2.32 bits per heavy atom. The van der Waals surface area contributed by atoms with E-state index in [0.29, 0.717) is 11.6 Å². The maximum atomic E-state index is 11.6. The van der Waals surface area contributed by atoms with Crippen LogP contribution in [0.1, 0.15) is 29.6 Å². The number of nitrogens with one attached hydrogen (secondary N) is 1. The fourth-order valence-corrected chi connectivity index (χ4v) is 3.08. The van der Waals surface area contributed by atoms with E-state index < -0.39 is 0 Å². The number of halogens is 1. The lowest BCUT2D eigenvalue weighted by molar-refractivity contribution is 0.100. The summed E-state index contributed by atoms with van der Waals surface area (Å²) in [4.78, 5) is 14.0. The van der Waals surface area contributed by atoms with Crippen LogP contribution in [-0.4, -0.2) is 32.1 Å². The zero-order chi connectivity index (χ0) is 13.8. The molecule has 1 aromatic rings. The fourth-order valence-electron chi connectivity index (χ4n) is 2.72. The molecule has 1 amide bonds.